The van der Waals surface area contributed by atoms with Gasteiger partial charge in [0.15, 0.2) is 6.61 Å². The van der Waals surface area contributed by atoms with E-state index >= 15 is 0 Å². The summed E-state index contributed by atoms with van der Waals surface area (Å²) in [6.07, 6.45) is 0. The molecule has 0 heterocycles. The number of amides is 1. The predicted molar refractivity (Wildman–Crippen MR) is 109 cm³/mol. The summed E-state index contributed by atoms with van der Waals surface area (Å²) in [5.74, 6) is 0.363. The van der Waals surface area contributed by atoms with Crippen molar-refractivity contribution in [2.45, 2.75) is 13.8 Å². The second-order valence-corrected chi connectivity index (χ2v) is 6.83. The number of hydrogen-bond acceptors (Lipinski definition) is 3. The van der Waals surface area contributed by atoms with E-state index in [1.807, 2.05) is 74.5 Å². The Morgan fingerprint density at radius 1 is 1.04 bits per heavy atom. The third-order valence-corrected chi connectivity index (χ3v) is 4.70. The first-order valence-electron chi connectivity index (χ1n) is 8.25. The highest BCUT2D eigenvalue weighted by molar-refractivity contribution is 9.10. The molecule has 1 N–H and O–H groups in total. The molecule has 0 saturated carbocycles. The summed E-state index contributed by atoms with van der Waals surface area (Å²) >= 11 is 3.53. The van der Waals surface area contributed by atoms with Crippen LogP contribution < -0.4 is 10.2 Å². The van der Waals surface area contributed by atoms with Crippen molar-refractivity contribution in [1.82, 2.24) is 5.43 Å². The molecule has 0 fully saturated rings. The average Bonchev–Trinajstić information content (AvgIpc) is 2.66. The molecular weight excluding hydrogens is 392 g/mol. The number of hydrazone groups is 1. The van der Waals surface area contributed by atoms with Crippen molar-refractivity contribution in [3.05, 3.63) is 76.3 Å². The number of fused-ring (bicyclic) bond motifs is 1. The van der Waals surface area contributed by atoms with Crippen molar-refractivity contribution in [3.8, 4) is 5.75 Å². The van der Waals surface area contributed by atoms with Gasteiger partial charge < -0.3 is 4.74 Å². The van der Waals surface area contributed by atoms with Crippen LogP contribution >= 0.6 is 15.9 Å². The molecule has 0 radical (unpaired) electrons. The van der Waals surface area contributed by atoms with Crippen LogP contribution in [0.4, 0.5) is 0 Å². The summed E-state index contributed by atoms with van der Waals surface area (Å²) in [5, 5.41) is 6.14. The second kappa shape index (κ2) is 8.15. The molecule has 0 spiro atoms. The zero-order valence-corrected chi connectivity index (χ0v) is 16.2. The molecule has 0 unspecified atom stereocenters. The Hall–Kier alpha value is -2.66. The smallest absolute Gasteiger partial charge is 0.277 e. The van der Waals surface area contributed by atoms with Crippen molar-refractivity contribution >= 4 is 38.3 Å². The second-order valence-electron chi connectivity index (χ2n) is 5.98. The van der Waals surface area contributed by atoms with Crippen molar-refractivity contribution in [1.29, 1.82) is 0 Å². The molecule has 3 aromatic carbocycles. The monoisotopic (exact) mass is 410 g/mol. The van der Waals surface area contributed by atoms with Crippen LogP contribution in [0.15, 0.2) is 70.2 Å². The van der Waals surface area contributed by atoms with E-state index in [0.717, 1.165) is 26.5 Å². The zero-order chi connectivity index (χ0) is 18.5. The molecular formula is C21H19BrN2O2. The Kier molecular flexibility index (Phi) is 5.68. The molecule has 3 rings (SSSR count). The summed E-state index contributed by atoms with van der Waals surface area (Å²) in [6, 6.07) is 19.6. The number of nitrogens with zero attached hydrogens (tertiary/aromatic N) is 1. The number of carbonyl (C=O) groups excluding carboxylic acids is 1. The molecule has 5 heteroatoms. The van der Waals surface area contributed by atoms with E-state index in [0.29, 0.717) is 5.75 Å². The van der Waals surface area contributed by atoms with E-state index < -0.39 is 0 Å². The molecule has 3 aromatic rings. The minimum atomic E-state index is -0.302. The van der Waals surface area contributed by atoms with Crippen molar-refractivity contribution in [2.24, 2.45) is 5.10 Å². The number of nitrogens with one attached hydrogen (secondary N) is 1. The lowest BCUT2D eigenvalue weighted by Gasteiger charge is -2.10. The third-order valence-electron chi connectivity index (χ3n) is 4.01. The van der Waals surface area contributed by atoms with Crippen LogP contribution in [-0.2, 0) is 4.79 Å². The highest BCUT2D eigenvalue weighted by Crippen LogP contribution is 2.31. The lowest BCUT2D eigenvalue weighted by molar-refractivity contribution is -0.123. The van der Waals surface area contributed by atoms with Gasteiger partial charge >= 0.3 is 0 Å². The first-order valence-corrected chi connectivity index (χ1v) is 9.04. The Labute approximate surface area is 161 Å². The van der Waals surface area contributed by atoms with Gasteiger partial charge in [-0.05, 0) is 36.9 Å². The van der Waals surface area contributed by atoms with Gasteiger partial charge in [-0.25, -0.2) is 5.43 Å². The molecule has 0 aromatic heterocycles. The number of halogens is 1. The lowest BCUT2D eigenvalue weighted by atomic mass is 10.1. The van der Waals surface area contributed by atoms with Gasteiger partial charge in [-0.3, -0.25) is 4.79 Å². The molecule has 26 heavy (non-hydrogen) atoms. The molecule has 0 atom stereocenters. The SMILES string of the molecule is CC(=NNC(=O)COc1ccc(Br)c2ccccc12)c1ccc(C)cc1. The molecule has 1 amide bonds. The highest BCUT2D eigenvalue weighted by atomic mass is 79.9. The van der Waals surface area contributed by atoms with Crippen molar-refractivity contribution in [3.63, 3.8) is 0 Å². The summed E-state index contributed by atoms with van der Waals surface area (Å²) < 4.78 is 6.68. The fourth-order valence-corrected chi connectivity index (χ4v) is 3.02. The summed E-state index contributed by atoms with van der Waals surface area (Å²) in [4.78, 5) is 12.1. The van der Waals surface area contributed by atoms with E-state index in [2.05, 4.69) is 26.5 Å². The maximum absolute atomic E-state index is 12.1. The molecule has 0 aliphatic rings. The number of carbonyl (C=O) groups is 1. The quantitative estimate of drug-likeness (QED) is 0.483. The normalized spacial score (nSPS) is 11.4. The van der Waals surface area contributed by atoms with E-state index in [1.165, 1.54) is 5.56 Å². The van der Waals surface area contributed by atoms with Gasteiger partial charge in [-0.2, -0.15) is 5.10 Å². The van der Waals surface area contributed by atoms with Crippen LogP contribution in [0.1, 0.15) is 18.1 Å². The first kappa shape index (κ1) is 18.1. The van der Waals surface area contributed by atoms with E-state index in [4.69, 9.17) is 4.74 Å². The fourth-order valence-electron chi connectivity index (χ4n) is 2.54. The van der Waals surface area contributed by atoms with Crippen LogP contribution in [0.25, 0.3) is 10.8 Å². The van der Waals surface area contributed by atoms with Gasteiger partial charge in [0.05, 0.1) is 5.71 Å². The highest BCUT2D eigenvalue weighted by Gasteiger charge is 2.08. The maximum Gasteiger partial charge on any atom is 0.277 e. The predicted octanol–water partition coefficient (Wildman–Crippen LogP) is 4.83. The number of ether oxygens (including phenoxy) is 1. The Bertz CT molecular complexity index is 965. The van der Waals surface area contributed by atoms with Gasteiger partial charge in [0.2, 0.25) is 0 Å². The van der Waals surface area contributed by atoms with Gasteiger partial charge in [0, 0.05) is 9.86 Å². The average molecular weight is 411 g/mol. The molecule has 4 nitrogen and oxygen atoms in total. The van der Waals surface area contributed by atoms with Crippen LogP contribution in [0.5, 0.6) is 5.75 Å². The minimum Gasteiger partial charge on any atom is -0.483 e. The zero-order valence-electron chi connectivity index (χ0n) is 14.6. The van der Waals surface area contributed by atoms with Crippen molar-refractivity contribution in [2.75, 3.05) is 6.61 Å². The number of aryl methyl sites for hydroxylation is 1. The summed E-state index contributed by atoms with van der Waals surface area (Å²) in [7, 11) is 0. The van der Waals surface area contributed by atoms with Gasteiger partial charge in [-0.15, -0.1) is 0 Å². The number of hydrogen-bond donors (Lipinski definition) is 1. The Morgan fingerprint density at radius 3 is 2.46 bits per heavy atom. The van der Waals surface area contributed by atoms with Gasteiger partial charge in [0.25, 0.3) is 5.91 Å². The molecule has 0 bridgehead atoms. The molecule has 132 valence electrons. The number of benzene rings is 3. The molecule has 0 saturated heterocycles. The third kappa shape index (κ3) is 4.29. The van der Waals surface area contributed by atoms with Gasteiger partial charge in [0.1, 0.15) is 5.75 Å². The van der Waals surface area contributed by atoms with E-state index in [1.54, 1.807) is 0 Å². The summed E-state index contributed by atoms with van der Waals surface area (Å²) in [6.45, 7) is 3.78. The first-order chi connectivity index (χ1) is 12.5. The van der Waals surface area contributed by atoms with E-state index in [9.17, 15) is 4.79 Å². The fraction of sp³-hybridized carbons (Fsp3) is 0.143. The van der Waals surface area contributed by atoms with Crippen LogP contribution in [0.3, 0.4) is 0 Å². The van der Waals surface area contributed by atoms with E-state index in [-0.39, 0.29) is 12.5 Å². The maximum atomic E-state index is 12.1. The van der Waals surface area contributed by atoms with Gasteiger partial charge in [-0.1, -0.05) is 70.0 Å². The topological polar surface area (TPSA) is 50.7 Å². The molecule has 0 aliphatic carbocycles. The Balaban J connectivity index is 1.64. The Morgan fingerprint density at radius 2 is 1.73 bits per heavy atom. The lowest BCUT2D eigenvalue weighted by Crippen LogP contribution is -2.25. The molecule has 0 aliphatic heterocycles. The van der Waals surface area contributed by atoms with Crippen LogP contribution in [0, 0.1) is 6.92 Å². The number of rotatable bonds is 5. The van der Waals surface area contributed by atoms with Crippen LogP contribution in [-0.4, -0.2) is 18.2 Å². The standard InChI is InChI=1S/C21H19BrN2O2/c1-14-7-9-16(10-8-14)15(2)23-24-21(25)13-26-20-12-11-19(22)17-5-3-4-6-18(17)20/h3-12H,13H2,1-2H3,(H,24,25). The van der Waals surface area contributed by atoms with Crippen molar-refractivity contribution < 1.29 is 9.53 Å². The largest absolute Gasteiger partial charge is 0.483 e. The summed E-state index contributed by atoms with van der Waals surface area (Å²) in [5.41, 5.74) is 5.43. The van der Waals surface area contributed by atoms with Crippen LogP contribution in [0.2, 0.25) is 0 Å². The minimum absolute atomic E-state index is 0.101.